The number of carbonyl (C=O) groups is 2. The number of ketones is 1. The number of ether oxygens (including phenoxy) is 1. The fourth-order valence-corrected chi connectivity index (χ4v) is 3.70. The summed E-state index contributed by atoms with van der Waals surface area (Å²) in [4.78, 5) is 26.0. The van der Waals surface area contributed by atoms with Crippen LogP contribution in [0.1, 0.15) is 18.4 Å². The van der Waals surface area contributed by atoms with Gasteiger partial charge in [0.1, 0.15) is 0 Å². The topological polar surface area (TPSA) is 43.4 Å². The lowest BCUT2D eigenvalue weighted by atomic mass is 9.93. The molecule has 1 aromatic carbocycles. The third kappa shape index (κ3) is 2.31. The molecule has 0 fully saturated rings. The zero-order chi connectivity index (χ0) is 14.1. The Kier molecular flexibility index (Phi) is 3.49. The summed E-state index contributed by atoms with van der Waals surface area (Å²) in [7, 11) is 1.38. The Bertz CT molecular complexity index is 655. The third-order valence-corrected chi connectivity index (χ3v) is 4.78. The van der Waals surface area contributed by atoms with Crippen LogP contribution in [0.2, 0.25) is 0 Å². The highest BCUT2D eigenvalue weighted by molar-refractivity contribution is 8.03. The van der Waals surface area contributed by atoms with Crippen LogP contribution in [-0.4, -0.2) is 18.9 Å². The molecule has 4 heteroatoms. The highest BCUT2D eigenvalue weighted by Crippen LogP contribution is 2.41. The Labute approximate surface area is 121 Å². The average Bonchev–Trinajstić information content (AvgIpc) is 2.61. The minimum atomic E-state index is -0.304. The van der Waals surface area contributed by atoms with E-state index in [1.807, 2.05) is 30.3 Å². The molecule has 2 aliphatic rings. The first-order chi connectivity index (χ1) is 9.69. The lowest BCUT2D eigenvalue weighted by Gasteiger charge is -2.16. The summed E-state index contributed by atoms with van der Waals surface area (Å²) in [5.41, 5.74) is 2.55. The first kappa shape index (κ1) is 13.2. The van der Waals surface area contributed by atoms with Crippen LogP contribution in [0.3, 0.4) is 0 Å². The maximum atomic E-state index is 12.3. The maximum absolute atomic E-state index is 12.3. The van der Waals surface area contributed by atoms with Gasteiger partial charge in [0.15, 0.2) is 5.78 Å². The number of hydrogen-bond donors (Lipinski definition) is 0. The van der Waals surface area contributed by atoms with Crippen molar-refractivity contribution in [1.82, 2.24) is 0 Å². The molecule has 0 bridgehead atoms. The van der Waals surface area contributed by atoms with Crippen molar-refractivity contribution in [3.63, 3.8) is 0 Å². The van der Waals surface area contributed by atoms with Gasteiger partial charge >= 0.3 is 5.97 Å². The quantitative estimate of drug-likeness (QED) is 0.744. The summed E-state index contributed by atoms with van der Waals surface area (Å²) in [6.45, 7) is 0. The standard InChI is InChI=1S/C16H14O3S/c1-19-16(18)11-6-7-12-13(17)8-10-4-2-3-5-14(10)20-15(12)9-11/h2-5,9H,6-8H2,1H3. The molecule has 0 radical (unpaired) electrons. The first-order valence-corrected chi connectivity index (χ1v) is 7.31. The van der Waals surface area contributed by atoms with Gasteiger partial charge in [-0.2, -0.15) is 0 Å². The molecule has 1 aliphatic carbocycles. The number of esters is 1. The fourth-order valence-electron chi connectivity index (χ4n) is 2.51. The number of Topliss-reactive ketones (excluding diaryl/α,β-unsaturated/α-hetero) is 1. The van der Waals surface area contributed by atoms with E-state index in [0.717, 1.165) is 20.9 Å². The zero-order valence-corrected chi connectivity index (χ0v) is 12.0. The Balaban J connectivity index is 2.03. The van der Waals surface area contributed by atoms with Gasteiger partial charge in [-0.25, -0.2) is 4.79 Å². The minimum Gasteiger partial charge on any atom is -0.466 e. The number of thioether (sulfide) groups is 1. The summed E-state index contributed by atoms with van der Waals surface area (Å²) >= 11 is 1.57. The van der Waals surface area contributed by atoms with Crippen LogP contribution in [-0.2, 0) is 20.7 Å². The summed E-state index contributed by atoms with van der Waals surface area (Å²) in [6, 6.07) is 7.93. The Morgan fingerprint density at radius 3 is 2.85 bits per heavy atom. The Morgan fingerprint density at radius 1 is 1.25 bits per heavy atom. The van der Waals surface area contributed by atoms with Gasteiger partial charge in [0.2, 0.25) is 0 Å². The highest BCUT2D eigenvalue weighted by atomic mass is 32.2. The van der Waals surface area contributed by atoms with E-state index < -0.39 is 0 Å². The number of methoxy groups -OCH3 is 1. The van der Waals surface area contributed by atoms with Crippen LogP contribution >= 0.6 is 11.8 Å². The van der Waals surface area contributed by atoms with Gasteiger partial charge in [-0.1, -0.05) is 30.0 Å². The number of hydrogen-bond acceptors (Lipinski definition) is 4. The molecule has 1 aliphatic heterocycles. The van der Waals surface area contributed by atoms with Crippen molar-refractivity contribution in [2.75, 3.05) is 7.11 Å². The molecule has 3 rings (SSSR count). The summed E-state index contributed by atoms with van der Waals surface area (Å²) in [5.74, 6) is -0.139. The van der Waals surface area contributed by atoms with Gasteiger partial charge in [-0.3, -0.25) is 4.79 Å². The van der Waals surface area contributed by atoms with Crippen molar-refractivity contribution < 1.29 is 14.3 Å². The van der Waals surface area contributed by atoms with E-state index in [0.29, 0.717) is 24.8 Å². The second-order valence-corrected chi connectivity index (χ2v) is 5.90. The van der Waals surface area contributed by atoms with Crippen LogP contribution in [0.25, 0.3) is 0 Å². The molecule has 0 aromatic heterocycles. The SMILES string of the molecule is COC(=O)C1=CC2=C(CC1)C(=O)Cc1ccccc1S2. The molecule has 0 saturated heterocycles. The normalized spacial score (nSPS) is 17.9. The molecule has 0 amide bonds. The predicted molar refractivity (Wildman–Crippen MR) is 77.4 cm³/mol. The van der Waals surface area contributed by atoms with Crippen molar-refractivity contribution in [3.05, 3.63) is 52.0 Å². The molecular formula is C16H14O3S. The lowest BCUT2D eigenvalue weighted by Crippen LogP contribution is -2.13. The van der Waals surface area contributed by atoms with Gasteiger partial charge in [0, 0.05) is 27.4 Å². The van der Waals surface area contributed by atoms with E-state index >= 15 is 0 Å². The fraction of sp³-hybridized carbons (Fsp3) is 0.250. The van der Waals surface area contributed by atoms with Crippen molar-refractivity contribution in [2.24, 2.45) is 0 Å². The molecule has 0 spiro atoms. The van der Waals surface area contributed by atoms with Crippen LogP contribution in [0.4, 0.5) is 0 Å². The van der Waals surface area contributed by atoms with Crippen LogP contribution < -0.4 is 0 Å². The maximum Gasteiger partial charge on any atom is 0.333 e. The third-order valence-electron chi connectivity index (χ3n) is 3.57. The molecule has 20 heavy (non-hydrogen) atoms. The monoisotopic (exact) mass is 286 g/mol. The van der Waals surface area contributed by atoms with Crippen molar-refractivity contribution >= 4 is 23.5 Å². The van der Waals surface area contributed by atoms with E-state index in [2.05, 4.69) is 0 Å². The largest absolute Gasteiger partial charge is 0.466 e. The molecule has 1 aromatic rings. The lowest BCUT2D eigenvalue weighted by molar-refractivity contribution is -0.136. The summed E-state index contributed by atoms with van der Waals surface area (Å²) < 4.78 is 4.77. The van der Waals surface area contributed by atoms with Gasteiger partial charge in [-0.05, 0) is 30.5 Å². The average molecular weight is 286 g/mol. The second kappa shape index (κ2) is 5.29. The van der Waals surface area contributed by atoms with Crippen molar-refractivity contribution in [3.8, 4) is 0 Å². The van der Waals surface area contributed by atoms with Crippen molar-refractivity contribution in [2.45, 2.75) is 24.2 Å². The Morgan fingerprint density at radius 2 is 2.05 bits per heavy atom. The predicted octanol–water partition coefficient (Wildman–Crippen LogP) is 3.05. The first-order valence-electron chi connectivity index (χ1n) is 6.50. The minimum absolute atomic E-state index is 0.164. The van der Waals surface area contributed by atoms with E-state index in [9.17, 15) is 9.59 Å². The van der Waals surface area contributed by atoms with E-state index in [-0.39, 0.29) is 11.8 Å². The molecule has 0 saturated carbocycles. The van der Waals surface area contributed by atoms with Crippen LogP contribution in [0.15, 0.2) is 51.3 Å². The van der Waals surface area contributed by atoms with Crippen LogP contribution in [0.5, 0.6) is 0 Å². The number of fused-ring (bicyclic) bond motifs is 1. The molecule has 102 valence electrons. The number of carbonyl (C=O) groups excluding carboxylic acids is 2. The summed E-state index contributed by atoms with van der Waals surface area (Å²) in [6.07, 6.45) is 3.46. The number of rotatable bonds is 1. The van der Waals surface area contributed by atoms with Gasteiger partial charge in [0.05, 0.1) is 7.11 Å². The van der Waals surface area contributed by atoms with E-state index in [1.165, 1.54) is 7.11 Å². The van der Waals surface area contributed by atoms with Gasteiger partial charge in [0.25, 0.3) is 0 Å². The number of allylic oxidation sites excluding steroid dienone is 2. The zero-order valence-electron chi connectivity index (χ0n) is 11.1. The molecule has 3 nitrogen and oxygen atoms in total. The van der Waals surface area contributed by atoms with E-state index in [1.54, 1.807) is 11.8 Å². The van der Waals surface area contributed by atoms with Gasteiger partial charge < -0.3 is 4.74 Å². The smallest absolute Gasteiger partial charge is 0.333 e. The molecule has 0 atom stereocenters. The van der Waals surface area contributed by atoms with Crippen molar-refractivity contribution in [1.29, 1.82) is 0 Å². The summed E-state index contributed by atoms with van der Waals surface area (Å²) in [5, 5.41) is 0. The molecule has 1 heterocycles. The number of benzene rings is 1. The van der Waals surface area contributed by atoms with E-state index in [4.69, 9.17) is 4.74 Å². The van der Waals surface area contributed by atoms with Gasteiger partial charge in [-0.15, -0.1) is 0 Å². The second-order valence-electron chi connectivity index (χ2n) is 4.81. The van der Waals surface area contributed by atoms with Crippen LogP contribution in [0, 0.1) is 0 Å². The Hall–Kier alpha value is -1.81. The molecular weight excluding hydrogens is 272 g/mol. The molecule has 0 N–H and O–H groups in total. The molecule has 0 unspecified atom stereocenters. The highest BCUT2D eigenvalue weighted by Gasteiger charge is 2.26.